The van der Waals surface area contributed by atoms with Crippen molar-refractivity contribution in [1.29, 1.82) is 0 Å². The van der Waals surface area contributed by atoms with Crippen LogP contribution in [0.4, 0.5) is 11.4 Å². The minimum absolute atomic E-state index is 0.139. The van der Waals surface area contributed by atoms with E-state index in [1.807, 2.05) is 6.92 Å². The molecule has 0 heterocycles. The molecule has 118 valence electrons. The fourth-order valence-corrected chi connectivity index (χ4v) is 1.80. The third kappa shape index (κ3) is 4.63. The highest BCUT2D eigenvalue weighted by Gasteiger charge is 2.11. The maximum absolute atomic E-state index is 11.8. The van der Waals surface area contributed by atoms with Gasteiger partial charge in [0.1, 0.15) is 0 Å². The van der Waals surface area contributed by atoms with E-state index in [-0.39, 0.29) is 11.4 Å². The maximum atomic E-state index is 11.8. The number of amides is 1. The molecule has 1 N–H and O–H groups in total. The number of anilines is 1. The summed E-state index contributed by atoms with van der Waals surface area (Å²) in [5, 5.41) is 13.1. The zero-order valence-electron chi connectivity index (χ0n) is 12.3. The Kier molecular flexibility index (Phi) is 5.03. The lowest BCUT2D eigenvalue weighted by Crippen LogP contribution is -2.20. The summed E-state index contributed by atoms with van der Waals surface area (Å²) in [7, 11) is 0. The molecule has 0 atom stereocenters. The highest BCUT2D eigenvalue weighted by atomic mass is 16.6. The first-order valence-corrected chi connectivity index (χ1v) is 6.74. The van der Waals surface area contributed by atoms with E-state index in [1.54, 1.807) is 24.3 Å². The van der Waals surface area contributed by atoms with E-state index in [2.05, 4.69) is 5.32 Å². The number of nitro groups is 1. The predicted molar refractivity (Wildman–Crippen MR) is 83.2 cm³/mol. The Bertz CT molecular complexity index is 740. The Morgan fingerprint density at radius 3 is 2.52 bits per heavy atom. The quantitative estimate of drug-likeness (QED) is 0.519. The number of benzene rings is 2. The number of nitrogens with zero attached hydrogens (tertiary/aromatic N) is 1. The molecule has 7 nitrogen and oxygen atoms in total. The number of nitrogens with one attached hydrogen (secondary N) is 1. The largest absolute Gasteiger partial charge is 0.452 e. The van der Waals surface area contributed by atoms with Crippen molar-refractivity contribution in [3.8, 4) is 0 Å². The molecule has 0 saturated heterocycles. The van der Waals surface area contributed by atoms with Crippen LogP contribution in [-0.4, -0.2) is 23.4 Å². The summed E-state index contributed by atoms with van der Waals surface area (Å²) < 4.78 is 4.89. The average Bonchev–Trinajstić information content (AvgIpc) is 2.53. The molecular weight excluding hydrogens is 300 g/mol. The van der Waals surface area contributed by atoms with E-state index >= 15 is 0 Å². The number of hydrogen-bond acceptors (Lipinski definition) is 5. The van der Waals surface area contributed by atoms with Gasteiger partial charge in [-0.25, -0.2) is 4.79 Å². The van der Waals surface area contributed by atoms with Crippen molar-refractivity contribution in [1.82, 2.24) is 0 Å². The van der Waals surface area contributed by atoms with E-state index in [9.17, 15) is 19.7 Å². The number of carbonyl (C=O) groups excluding carboxylic acids is 2. The van der Waals surface area contributed by atoms with Gasteiger partial charge in [-0.3, -0.25) is 14.9 Å². The Morgan fingerprint density at radius 1 is 1.17 bits per heavy atom. The standard InChI is InChI=1S/C16H14N2O5/c1-11-5-7-12(8-6-11)16(20)23-10-15(19)17-13-3-2-4-14(9-13)18(21)22/h2-9H,10H2,1H3,(H,17,19). The molecule has 23 heavy (non-hydrogen) atoms. The second-order valence-corrected chi connectivity index (χ2v) is 4.80. The minimum Gasteiger partial charge on any atom is -0.452 e. The van der Waals surface area contributed by atoms with Gasteiger partial charge in [0.05, 0.1) is 10.5 Å². The van der Waals surface area contributed by atoms with Gasteiger partial charge in [-0.15, -0.1) is 0 Å². The van der Waals surface area contributed by atoms with Crippen molar-refractivity contribution in [3.05, 3.63) is 69.8 Å². The third-order valence-corrected chi connectivity index (χ3v) is 2.96. The molecule has 0 aromatic heterocycles. The Hall–Kier alpha value is -3.22. The molecule has 0 radical (unpaired) electrons. The van der Waals surface area contributed by atoms with Crippen molar-refractivity contribution in [3.63, 3.8) is 0 Å². The highest BCUT2D eigenvalue weighted by molar-refractivity contribution is 5.95. The number of ether oxygens (including phenoxy) is 1. The first-order valence-electron chi connectivity index (χ1n) is 6.74. The van der Waals surface area contributed by atoms with Crippen LogP contribution in [-0.2, 0) is 9.53 Å². The van der Waals surface area contributed by atoms with Crippen molar-refractivity contribution in [2.75, 3.05) is 11.9 Å². The lowest BCUT2D eigenvalue weighted by atomic mass is 10.1. The van der Waals surface area contributed by atoms with Crippen LogP contribution in [0.3, 0.4) is 0 Å². The first kappa shape index (κ1) is 16.2. The van der Waals surface area contributed by atoms with E-state index in [0.29, 0.717) is 5.56 Å². The zero-order chi connectivity index (χ0) is 16.8. The number of carbonyl (C=O) groups is 2. The molecule has 1 amide bonds. The van der Waals surface area contributed by atoms with Gasteiger partial charge in [-0.05, 0) is 25.1 Å². The summed E-state index contributed by atoms with van der Waals surface area (Å²) in [5.41, 5.74) is 1.47. The van der Waals surface area contributed by atoms with Crippen LogP contribution in [0.1, 0.15) is 15.9 Å². The number of hydrogen-bond donors (Lipinski definition) is 1. The molecule has 0 unspecified atom stereocenters. The molecule has 0 aliphatic heterocycles. The van der Waals surface area contributed by atoms with E-state index in [0.717, 1.165) is 5.56 Å². The molecule has 7 heteroatoms. The highest BCUT2D eigenvalue weighted by Crippen LogP contribution is 2.16. The summed E-state index contributed by atoms with van der Waals surface area (Å²) in [5.74, 6) is -1.19. The summed E-state index contributed by atoms with van der Waals surface area (Å²) >= 11 is 0. The van der Waals surface area contributed by atoms with Crippen LogP contribution in [0, 0.1) is 17.0 Å². The van der Waals surface area contributed by atoms with Gasteiger partial charge in [-0.2, -0.15) is 0 Å². The number of rotatable bonds is 5. The van der Waals surface area contributed by atoms with Crippen LogP contribution in [0.25, 0.3) is 0 Å². The normalized spacial score (nSPS) is 9.96. The summed E-state index contributed by atoms with van der Waals surface area (Å²) in [6, 6.07) is 12.2. The summed E-state index contributed by atoms with van der Waals surface area (Å²) in [6.07, 6.45) is 0. The fourth-order valence-electron chi connectivity index (χ4n) is 1.80. The fraction of sp³-hybridized carbons (Fsp3) is 0.125. The van der Waals surface area contributed by atoms with Crippen molar-refractivity contribution in [2.24, 2.45) is 0 Å². The molecule has 0 spiro atoms. The van der Waals surface area contributed by atoms with Gasteiger partial charge >= 0.3 is 5.97 Å². The van der Waals surface area contributed by atoms with Gasteiger partial charge in [0.15, 0.2) is 6.61 Å². The Labute approximate surface area is 132 Å². The van der Waals surface area contributed by atoms with Crippen LogP contribution in [0.15, 0.2) is 48.5 Å². The molecule has 2 rings (SSSR count). The van der Waals surface area contributed by atoms with Gasteiger partial charge in [0.25, 0.3) is 11.6 Å². The Balaban J connectivity index is 1.90. The predicted octanol–water partition coefficient (Wildman–Crippen LogP) is 2.70. The molecule has 0 fully saturated rings. The zero-order valence-corrected chi connectivity index (χ0v) is 12.3. The van der Waals surface area contributed by atoms with Crippen molar-refractivity contribution < 1.29 is 19.2 Å². The van der Waals surface area contributed by atoms with Crippen molar-refractivity contribution >= 4 is 23.3 Å². The molecule has 0 saturated carbocycles. The summed E-state index contributed by atoms with van der Waals surface area (Å²) in [6.45, 7) is 1.41. The van der Waals surface area contributed by atoms with Crippen LogP contribution >= 0.6 is 0 Å². The van der Waals surface area contributed by atoms with Crippen LogP contribution in [0.2, 0.25) is 0 Å². The average molecular weight is 314 g/mol. The molecule has 0 aliphatic carbocycles. The van der Waals surface area contributed by atoms with Gasteiger partial charge < -0.3 is 10.1 Å². The van der Waals surface area contributed by atoms with Gasteiger partial charge in [-0.1, -0.05) is 23.8 Å². The topological polar surface area (TPSA) is 98.5 Å². The van der Waals surface area contributed by atoms with Crippen LogP contribution < -0.4 is 5.32 Å². The molecular formula is C16H14N2O5. The summed E-state index contributed by atoms with van der Waals surface area (Å²) in [4.78, 5) is 33.6. The van der Waals surface area contributed by atoms with E-state index in [1.165, 1.54) is 24.3 Å². The number of esters is 1. The minimum atomic E-state index is -0.612. The van der Waals surface area contributed by atoms with Gasteiger partial charge in [0, 0.05) is 17.8 Å². The molecule has 2 aromatic rings. The lowest BCUT2D eigenvalue weighted by molar-refractivity contribution is -0.384. The first-order chi connectivity index (χ1) is 11.0. The lowest BCUT2D eigenvalue weighted by Gasteiger charge is -2.06. The number of aryl methyl sites for hydroxylation is 1. The number of non-ortho nitro benzene ring substituents is 1. The number of nitro benzene ring substituents is 1. The maximum Gasteiger partial charge on any atom is 0.338 e. The molecule has 0 bridgehead atoms. The smallest absolute Gasteiger partial charge is 0.338 e. The molecule has 0 aliphatic rings. The Morgan fingerprint density at radius 2 is 1.87 bits per heavy atom. The van der Waals surface area contributed by atoms with E-state index in [4.69, 9.17) is 4.74 Å². The van der Waals surface area contributed by atoms with Crippen LogP contribution in [0.5, 0.6) is 0 Å². The van der Waals surface area contributed by atoms with E-state index < -0.39 is 23.4 Å². The molecule has 2 aromatic carbocycles. The van der Waals surface area contributed by atoms with Crippen molar-refractivity contribution in [2.45, 2.75) is 6.92 Å². The monoisotopic (exact) mass is 314 g/mol. The second-order valence-electron chi connectivity index (χ2n) is 4.80. The SMILES string of the molecule is Cc1ccc(C(=O)OCC(=O)Nc2cccc([N+](=O)[O-])c2)cc1. The third-order valence-electron chi connectivity index (χ3n) is 2.96. The van der Waals surface area contributed by atoms with Gasteiger partial charge in [0.2, 0.25) is 0 Å². The second kappa shape index (κ2) is 7.17.